The average molecular weight is 337 g/mol. The Morgan fingerprint density at radius 1 is 1.39 bits per heavy atom. The number of aromatic nitrogens is 4. The standard InChI is InChI=1S/C15H23N5O2S/c1-12(2)20-10-15(17-11-20)23(21,22)18(3)8-13-4-5-14-16-6-7-19(14)9-13/h6-7,10-13H,4-5,8-9H2,1-3H3/t13-/m1/s1. The van der Waals surface area contributed by atoms with Crippen molar-refractivity contribution >= 4 is 10.0 Å². The second kappa shape index (κ2) is 6.09. The maximum absolute atomic E-state index is 12.7. The van der Waals surface area contributed by atoms with Crippen molar-refractivity contribution in [3.63, 3.8) is 0 Å². The molecule has 0 aliphatic carbocycles. The Labute approximate surface area is 137 Å². The van der Waals surface area contributed by atoms with Crippen LogP contribution in [0.4, 0.5) is 0 Å². The lowest BCUT2D eigenvalue weighted by Gasteiger charge is -2.27. The molecule has 0 saturated heterocycles. The minimum Gasteiger partial charge on any atom is -0.335 e. The fraction of sp³-hybridized carbons (Fsp3) is 0.600. The number of nitrogens with zero attached hydrogens (tertiary/aromatic N) is 5. The molecule has 2 aromatic rings. The molecule has 0 saturated carbocycles. The topological polar surface area (TPSA) is 73.0 Å². The van der Waals surface area contributed by atoms with E-state index < -0.39 is 10.0 Å². The van der Waals surface area contributed by atoms with Gasteiger partial charge in [-0.15, -0.1) is 0 Å². The molecule has 0 amide bonds. The quantitative estimate of drug-likeness (QED) is 0.830. The van der Waals surface area contributed by atoms with Gasteiger partial charge in [0.1, 0.15) is 5.82 Å². The highest BCUT2D eigenvalue weighted by Crippen LogP contribution is 2.22. The molecule has 0 unspecified atom stereocenters. The van der Waals surface area contributed by atoms with Crippen molar-refractivity contribution in [2.45, 2.75) is 44.3 Å². The number of fused-ring (bicyclic) bond motifs is 1. The van der Waals surface area contributed by atoms with E-state index in [2.05, 4.69) is 14.5 Å². The first kappa shape index (κ1) is 16.2. The molecule has 3 rings (SSSR count). The van der Waals surface area contributed by atoms with Crippen molar-refractivity contribution in [1.82, 2.24) is 23.4 Å². The smallest absolute Gasteiger partial charge is 0.261 e. The number of sulfonamides is 1. The summed E-state index contributed by atoms with van der Waals surface area (Å²) in [4.78, 5) is 8.37. The molecule has 0 N–H and O–H groups in total. The Bertz CT molecular complexity index is 777. The number of rotatable bonds is 5. The normalized spacial score (nSPS) is 18.6. The van der Waals surface area contributed by atoms with Crippen LogP contribution in [0.15, 0.2) is 29.9 Å². The van der Waals surface area contributed by atoms with Crippen LogP contribution in [0.25, 0.3) is 0 Å². The maximum Gasteiger partial charge on any atom is 0.261 e. The third-order valence-electron chi connectivity index (χ3n) is 4.40. The van der Waals surface area contributed by atoms with E-state index in [0.717, 1.165) is 25.2 Å². The lowest BCUT2D eigenvalue weighted by Crippen LogP contribution is -2.35. The van der Waals surface area contributed by atoms with Crippen molar-refractivity contribution in [3.8, 4) is 0 Å². The Morgan fingerprint density at radius 2 is 2.17 bits per heavy atom. The molecule has 126 valence electrons. The molecule has 23 heavy (non-hydrogen) atoms. The summed E-state index contributed by atoms with van der Waals surface area (Å²) in [5.74, 6) is 1.38. The number of imidazole rings is 2. The minimum atomic E-state index is -3.54. The van der Waals surface area contributed by atoms with Gasteiger partial charge in [-0.1, -0.05) is 0 Å². The zero-order valence-corrected chi connectivity index (χ0v) is 14.6. The highest BCUT2D eigenvalue weighted by atomic mass is 32.2. The lowest BCUT2D eigenvalue weighted by atomic mass is 10.00. The summed E-state index contributed by atoms with van der Waals surface area (Å²) in [6, 6.07) is 0.190. The van der Waals surface area contributed by atoms with Gasteiger partial charge < -0.3 is 9.13 Å². The van der Waals surface area contributed by atoms with Crippen molar-refractivity contribution < 1.29 is 8.42 Å². The van der Waals surface area contributed by atoms with Gasteiger partial charge in [-0.2, -0.15) is 4.31 Å². The molecule has 0 aromatic carbocycles. The largest absolute Gasteiger partial charge is 0.335 e. The summed E-state index contributed by atoms with van der Waals surface area (Å²) >= 11 is 0. The van der Waals surface area contributed by atoms with Crippen LogP contribution in [0.3, 0.4) is 0 Å². The third-order valence-corrected chi connectivity index (χ3v) is 6.11. The minimum absolute atomic E-state index is 0.118. The van der Waals surface area contributed by atoms with E-state index in [9.17, 15) is 8.42 Å². The summed E-state index contributed by atoms with van der Waals surface area (Å²) in [6.07, 6.45) is 8.79. The van der Waals surface area contributed by atoms with E-state index in [4.69, 9.17) is 0 Å². The van der Waals surface area contributed by atoms with Crippen LogP contribution < -0.4 is 0 Å². The average Bonchev–Trinajstić information content (AvgIpc) is 3.16. The van der Waals surface area contributed by atoms with E-state index in [0.29, 0.717) is 12.5 Å². The first-order valence-electron chi connectivity index (χ1n) is 7.87. The molecular weight excluding hydrogens is 314 g/mol. The van der Waals surface area contributed by atoms with Gasteiger partial charge in [-0.3, -0.25) is 0 Å². The highest BCUT2D eigenvalue weighted by Gasteiger charge is 2.28. The SMILES string of the molecule is CC(C)n1cnc(S(=O)(=O)N(C)C[C@H]2CCc3nccn3C2)c1. The van der Waals surface area contributed by atoms with E-state index >= 15 is 0 Å². The van der Waals surface area contributed by atoms with Gasteiger partial charge in [-0.05, 0) is 26.2 Å². The molecule has 3 heterocycles. The second-order valence-corrected chi connectivity index (χ2v) is 8.43. The highest BCUT2D eigenvalue weighted by molar-refractivity contribution is 7.89. The first-order valence-corrected chi connectivity index (χ1v) is 9.31. The predicted molar refractivity (Wildman–Crippen MR) is 86.5 cm³/mol. The third kappa shape index (κ3) is 3.18. The monoisotopic (exact) mass is 337 g/mol. The van der Waals surface area contributed by atoms with E-state index in [-0.39, 0.29) is 11.1 Å². The van der Waals surface area contributed by atoms with Crippen LogP contribution in [0.2, 0.25) is 0 Å². The van der Waals surface area contributed by atoms with Crippen LogP contribution in [0.5, 0.6) is 0 Å². The van der Waals surface area contributed by atoms with Crippen LogP contribution in [-0.4, -0.2) is 45.4 Å². The Balaban J connectivity index is 1.70. The zero-order chi connectivity index (χ0) is 16.6. The van der Waals surface area contributed by atoms with Crippen molar-refractivity contribution in [2.75, 3.05) is 13.6 Å². The molecule has 7 nitrogen and oxygen atoms in total. The molecule has 1 aliphatic rings. The second-order valence-electron chi connectivity index (χ2n) is 6.44. The Morgan fingerprint density at radius 3 is 2.87 bits per heavy atom. The molecule has 2 aromatic heterocycles. The molecule has 1 aliphatic heterocycles. The Hall–Kier alpha value is -1.67. The van der Waals surface area contributed by atoms with Crippen LogP contribution in [0.1, 0.15) is 32.1 Å². The van der Waals surface area contributed by atoms with Gasteiger partial charge >= 0.3 is 0 Å². The molecule has 0 radical (unpaired) electrons. The number of aryl methyl sites for hydroxylation is 1. The van der Waals surface area contributed by atoms with Gasteiger partial charge in [0.25, 0.3) is 10.0 Å². The first-order chi connectivity index (χ1) is 10.9. The summed E-state index contributed by atoms with van der Waals surface area (Å²) in [6.45, 7) is 5.29. The molecule has 0 fully saturated rings. The van der Waals surface area contributed by atoms with Gasteiger partial charge in [0, 0.05) is 51.2 Å². The van der Waals surface area contributed by atoms with Crippen LogP contribution in [0, 0.1) is 5.92 Å². The predicted octanol–water partition coefficient (Wildman–Crippen LogP) is 1.54. The fourth-order valence-corrected chi connectivity index (χ4v) is 4.10. The molecule has 1 atom stereocenters. The molecular formula is C15H23N5O2S. The van der Waals surface area contributed by atoms with Crippen molar-refractivity contribution in [3.05, 3.63) is 30.7 Å². The van der Waals surface area contributed by atoms with Crippen molar-refractivity contribution in [1.29, 1.82) is 0 Å². The molecule has 0 bridgehead atoms. The fourth-order valence-electron chi connectivity index (χ4n) is 2.94. The maximum atomic E-state index is 12.7. The number of hydrogen-bond donors (Lipinski definition) is 0. The van der Waals surface area contributed by atoms with Crippen molar-refractivity contribution in [2.24, 2.45) is 5.92 Å². The van der Waals surface area contributed by atoms with Gasteiger partial charge in [0.2, 0.25) is 0 Å². The molecule has 0 spiro atoms. The summed E-state index contributed by atoms with van der Waals surface area (Å²) < 4.78 is 30.7. The number of hydrogen-bond acceptors (Lipinski definition) is 4. The summed E-state index contributed by atoms with van der Waals surface area (Å²) in [5, 5.41) is 0.118. The summed E-state index contributed by atoms with van der Waals surface area (Å²) in [5.41, 5.74) is 0. The van der Waals surface area contributed by atoms with Crippen LogP contribution >= 0.6 is 0 Å². The van der Waals surface area contributed by atoms with E-state index in [1.54, 1.807) is 30.3 Å². The Kier molecular flexibility index (Phi) is 4.29. The summed E-state index contributed by atoms with van der Waals surface area (Å²) in [7, 11) is -1.91. The van der Waals surface area contributed by atoms with Gasteiger partial charge in [0.15, 0.2) is 5.03 Å². The van der Waals surface area contributed by atoms with E-state index in [1.807, 2.05) is 20.0 Å². The zero-order valence-electron chi connectivity index (χ0n) is 13.8. The van der Waals surface area contributed by atoms with Crippen LogP contribution in [-0.2, 0) is 23.0 Å². The van der Waals surface area contributed by atoms with Gasteiger partial charge in [-0.25, -0.2) is 18.4 Å². The van der Waals surface area contributed by atoms with Gasteiger partial charge in [0.05, 0.1) is 6.33 Å². The van der Waals surface area contributed by atoms with E-state index in [1.165, 1.54) is 4.31 Å². The lowest BCUT2D eigenvalue weighted by molar-refractivity contribution is 0.303. The molecule has 8 heteroatoms.